The lowest BCUT2D eigenvalue weighted by atomic mass is 10.1. The summed E-state index contributed by atoms with van der Waals surface area (Å²) >= 11 is 0. The normalized spacial score (nSPS) is 21.2. The van der Waals surface area contributed by atoms with E-state index in [1.165, 1.54) is 11.1 Å². The molecule has 2 atom stereocenters. The Morgan fingerprint density at radius 2 is 2.22 bits per heavy atom. The Morgan fingerprint density at radius 1 is 1.44 bits per heavy atom. The molecule has 0 saturated heterocycles. The zero-order valence-corrected chi connectivity index (χ0v) is 10.8. The van der Waals surface area contributed by atoms with Crippen molar-refractivity contribution < 1.29 is 9.47 Å². The van der Waals surface area contributed by atoms with Gasteiger partial charge < -0.3 is 9.47 Å². The van der Waals surface area contributed by atoms with Crippen molar-refractivity contribution in [3.05, 3.63) is 60.2 Å². The van der Waals surface area contributed by atoms with Crippen molar-refractivity contribution in [2.75, 3.05) is 6.61 Å². The standard InChI is InChI=1S/C16H20O2/c1-3-14-9-10-16(18-11-14)13(2)17-12-15-7-5-4-6-8-15/h3-9,13,16H,1,10-12H2,2H3/t13-,16+/m0/s1. The van der Waals surface area contributed by atoms with Gasteiger partial charge in [-0.15, -0.1) is 0 Å². The van der Waals surface area contributed by atoms with E-state index in [1.54, 1.807) is 0 Å². The van der Waals surface area contributed by atoms with Crippen LogP contribution in [0.5, 0.6) is 0 Å². The van der Waals surface area contributed by atoms with Gasteiger partial charge >= 0.3 is 0 Å². The average Bonchev–Trinajstić information content (AvgIpc) is 2.46. The van der Waals surface area contributed by atoms with Crippen molar-refractivity contribution in [3.8, 4) is 0 Å². The maximum absolute atomic E-state index is 5.86. The molecule has 1 aromatic rings. The van der Waals surface area contributed by atoms with E-state index in [0.717, 1.165) is 6.42 Å². The second kappa shape index (κ2) is 6.53. The van der Waals surface area contributed by atoms with E-state index in [2.05, 4.69) is 31.7 Å². The number of hydrogen-bond donors (Lipinski definition) is 0. The first-order chi connectivity index (χ1) is 8.79. The van der Waals surface area contributed by atoms with Gasteiger partial charge in [0.2, 0.25) is 0 Å². The summed E-state index contributed by atoms with van der Waals surface area (Å²) in [6.07, 6.45) is 5.19. The van der Waals surface area contributed by atoms with E-state index < -0.39 is 0 Å². The molecule has 0 N–H and O–H groups in total. The van der Waals surface area contributed by atoms with Crippen LogP contribution in [0, 0.1) is 0 Å². The molecule has 1 aromatic carbocycles. The first kappa shape index (κ1) is 13.1. The molecule has 96 valence electrons. The van der Waals surface area contributed by atoms with Crippen molar-refractivity contribution >= 4 is 0 Å². The van der Waals surface area contributed by atoms with E-state index in [9.17, 15) is 0 Å². The van der Waals surface area contributed by atoms with Crippen LogP contribution in [-0.2, 0) is 16.1 Å². The highest BCUT2D eigenvalue weighted by Gasteiger charge is 2.20. The van der Waals surface area contributed by atoms with Gasteiger partial charge in [-0.1, -0.05) is 49.1 Å². The quantitative estimate of drug-likeness (QED) is 0.789. The van der Waals surface area contributed by atoms with Gasteiger partial charge in [-0.05, 0) is 24.5 Å². The van der Waals surface area contributed by atoms with E-state index in [1.807, 2.05) is 24.3 Å². The van der Waals surface area contributed by atoms with Crippen molar-refractivity contribution in [1.29, 1.82) is 0 Å². The summed E-state index contributed by atoms with van der Waals surface area (Å²) < 4.78 is 11.6. The molecular weight excluding hydrogens is 224 g/mol. The zero-order valence-electron chi connectivity index (χ0n) is 10.8. The summed E-state index contributed by atoms with van der Waals surface area (Å²) in [5.41, 5.74) is 2.36. The first-order valence-corrected chi connectivity index (χ1v) is 6.38. The van der Waals surface area contributed by atoms with Gasteiger partial charge in [-0.25, -0.2) is 0 Å². The highest BCUT2D eigenvalue weighted by Crippen LogP contribution is 2.18. The Hall–Kier alpha value is -1.38. The fourth-order valence-electron chi connectivity index (χ4n) is 1.98. The van der Waals surface area contributed by atoms with Crippen molar-refractivity contribution in [2.45, 2.75) is 32.2 Å². The van der Waals surface area contributed by atoms with E-state index in [-0.39, 0.29) is 12.2 Å². The number of ether oxygens (including phenoxy) is 2. The fraction of sp³-hybridized carbons (Fsp3) is 0.375. The SMILES string of the molecule is C=CC1=CC[C@H]([C@H](C)OCc2ccccc2)OC1. The highest BCUT2D eigenvalue weighted by molar-refractivity contribution is 5.19. The summed E-state index contributed by atoms with van der Waals surface area (Å²) in [6.45, 7) is 7.11. The fourth-order valence-corrected chi connectivity index (χ4v) is 1.98. The van der Waals surface area contributed by atoms with Crippen LogP contribution < -0.4 is 0 Å². The second-order valence-electron chi connectivity index (χ2n) is 4.57. The molecule has 0 fully saturated rings. The third-order valence-corrected chi connectivity index (χ3v) is 3.22. The molecule has 0 amide bonds. The summed E-state index contributed by atoms with van der Waals surface area (Å²) in [6, 6.07) is 10.2. The third kappa shape index (κ3) is 3.56. The number of rotatable bonds is 5. The van der Waals surface area contributed by atoms with Gasteiger partial charge in [-0.3, -0.25) is 0 Å². The molecule has 2 nitrogen and oxygen atoms in total. The lowest BCUT2D eigenvalue weighted by Crippen LogP contribution is -2.31. The Kier molecular flexibility index (Phi) is 4.73. The summed E-state index contributed by atoms with van der Waals surface area (Å²) in [5, 5.41) is 0. The molecule has 0 spiro atoms. The van der Waals surface area contributed by atoms with E-state index in [4.69, 9.17) is 9.47 Å². The van der Waals surface area contributed by atoms with E-state index in [0.29, 0.717) is 13.2 Å². The smallest absolute Gasteiger partial charge is 0.0873 e. The summed E-state index contributed by atoms with van der Waals surface area (Å²) in [5.74, 6) is 0. The third-order valence-electron chi connectivity index (χ3n) is 3.22. The molecule has 0 saturated carbocycles. The lowest BCUT2D eigenvalue weighted by molar-refractivity contribution is -0.0674. The Bertz CT molecular complexity index is 408. The van der Waals surface area contributed by atoms with Crippen LogP contribution in [0.15, 0.2) is 54.6 Å². The molecule has 0 unspecified atom stereocenters. The molecule has 0 radical (unpaired) electrons. The molecule has 0 aliphatic carbocycles. The van der Waals surface area contributed by atoms with Gasteiger partial charge in [0.05, 0.1) is 25.4 Å². The molecular formula is C16H20O2. The number of hydrogen-bond acceptors (Lipinski definition) is 2. The highest BCUT2D eigenvalue weighted by atomic mass is 16.5. The van der Waals surface area contributed by atoms with Gasteiger partial charge in [0, 0.05) is 0 Å². The minimum atomic E-state index is 0.104. The Balaban J connectivity index is 1.80. The van der Waals surface area contributed by atoms with Crippen LogP contribution in [0.25, 0.3) is 0 Å². The summed E-state index contributed by atoms with van der Waals surface area (Å²) in [7, 11) is 0. The predicted octanol–water partition coefficient (Wildman–Crippen LogP) is 3.49. The second-order valence-corrected chi connectivity index (χ2v) is 4.57. The molecule has 0 bridgehead atoms. The minimum Gasteiger partial charge on any atom is -0.371 e. The largest absolute Gasteiger partial charge is 0.371 e. The predicted molar refractivity (Wildman–Crippen MR) is 73.3 cm³/mol. The van der Waals surface area contributed by atoms with Gasteiger partial charge in [0.1, 0.15) is 0 Å². The van der Waals surface area contributed by atoms with Crippen molar-refractivity contribution in [2.24, 2.45) is 0 Å². The average molecular weight is 244 g/mol. The van der Waals surface area contributed by atoms with E-state index >= 15 is 0 Å². The van der Waals surface area contributed by atoms with Crippen LogP contribution in [0.3, 0.4) is 0 Å². The van der Waals surface area contributed by atoms with Crippen molar-refractivity contribution in [1.82, 2.24) is 0 Å². The zero-order chi connectivity index (χ0) is 12.8. The van der Waals surface area contributed by atoms with Gasteiger partial charge in [0.25, 0.3) is 0 Å². The molecule has 1 aliphatic rings. The van der Waals surface area contributed by atoms with Crippen molar-refractivity contribution in [3.63, 3.8) is 0 Å². The monoisotopic (exact) mass is 244 g/mol. The van der Waals surface area contributed by atoms with Crippen LogP contribution in [0.4, 0.5) is 0 Å². The lowest BCUT2D eigenvalue weighted by Gasteiger charge is -2.27. The van der Waals surface area contributed by atoms with Crippen LogP contribution in [0.2, 0.25) is 0 Å². The molecule has 1 aliphatic heterocycles. The Morgan fingerprint density at radius 3 is 2.83 bits per heavy atom. The summed E-state index contributed by atoms with van der Waals surface area (Å²) in [4.78, 5) is 0. The number of benzene rings is 1. The molecule has 2 rings (SSSR count). The molecule has 0 aromatic heterocycles. The first-order valence-electron chi connectivity index (χ1n) is 6.38. The molecule has 1 heterocycles. The molecule has 18 heavy (non-hydrogen) atoms. The maximum atomic E-state index is 5.86. The minimum absolute atomic E-state index is 0.104. The van der Waals surface area contributed by atoms with Gasteiger partial charge in [-0.2, -0.15) is 0 Å². The maximum Gasteiger partial charge on any atom is 0.0873 e. The molecule has 2 heteroatoms. The van der Waals surface area contributed by atoms with Crippen LogP contribution in [-0.4, -0.2) is 18.8 Å². The van der Waals surface area contributed by atoms with Crippen LogP contribution in [0.1, 0.15) is 18.9 Å². The Labute approximate surface area is 109 Å². The van der Waals surface area contributed by atoms with Crippen LogP contribution >= 0.6 is 0 Å². The topological polar surface area (TPSA) is 18.5 Å². The van der Waals surface area contributed by atoms with Gasteiger partial charge in [0.15, 0.2) is 0 Å².